The van der Waals surface area contributed by atoms with E-state index in [9.17, 15) is 22.7 Å². The predicted octanol–water partition coefficient (Wildman–Crippen LogP) is 5.77. The summed E-state index contributed by atoms with van der Waals surface area (Å²) >= 11 is 0. The number of hydrogen-bond acceptors (Lipinski definition) is 3. The van der Waals surface area contributed by atoms with Crippen molar-refractivity contribution in [3.8, 4) is 11.1 Å². The first-order valence-corrected chi connectivity index (χ1v) is 11.7. The highest BCUT2D eigenvalue weighted by atomic mass is 32.2. The molecule has 0 spiro atoms. The van der Waals surface area contributed by atoms with Crippen LogP contribution in [0, 0.1) is 5.82 Å². The number of carboxylic acid groups (broad SMARTS) is 1. The lowest BCUT2D eigenvalue weighted by molar-refractivity contribution is 0.0692. The molecule has 0 aliphatic rings. The van der Waals surface area contributed by atoms with Gasteiger partial charge in [-0.25, -0.2) is 17.6 Å². The maximum absolute atomic E-state index is 13.8. The molecule has 6 nitrogen and oxygen atoms in total. The Morgan fingerprint density at radius 3 is 2.30 bits per heavy atom. The van der Waals surface area contributed by atoms with E-state index in [2.05, 4.69) is 30.5 Å². The summed E-state index contributed by atoms with van der Waals surface area (Å²) in [5.41, 5.74) is 2.26. The number of fused-ring (bicyclic) bond motifs is 1. The molecule has 0 saturated carbocycles. The first-order valence-electron chi connectivity index (χ1n) is 10.2. The monoisotopic (exact) mass is 466 g/mol. The second kappa shape index (κ2) is 8.04. The van der Waals surface area contributed by atoms with Crippen molar-refractivity contribution in [1.82, 2.24) is 4.98 Å². The highest BCUT2D eigenvalue weighted by molar-refractivity contribution is 7.92. The van der Waals surface area contributed by atoms with Crippen LogP contribution < -0.4 is 4.72 Å². The lowest BCUT2D eigenvalue weighted by Gasteiger charge is -2.19. The van der Waals surface area contributed by atoms with Crippen molar-refractivity contribution in [1.29, 1.82) is 0 Å². The maximum Gasteiger partial charge on any atom is 0.352 e. The first kappa shape index (κ1) is 22.5. The highest BCUT2D eigenvalue weighted by Crippen LogP contribution is 2.35. The van der Waals surface area contributed by atoms with Crippen LogP contribution in [-0.4, -0.2) is 24.5 Å². The van der Waals surface area contributed by atoms with E-state index in [0.717, 1.165) is 5.56 Å². The Bertz CT molecular complexity index is 1470. The molecule has 0 amide bonds. The molecule has 170 valence electrons. The number of hydrogen-bond donors (Lipinski definition) is 3. The third-order valence-corrected chi connectivity index (χ3v) is 6.79. The summed E-state index contributed by atoms with van der Waals surface area (Å²) in [7, 11) is -3.96. The average Bonchev–Trinajstić information content (AvgIpc) is 3.12. The largest absolute Gasteiger partial charge is 0.477 e. The summed E-state index contributed by atoms with van der Waals surface area (Å²) in [6, 6.07) is 16.9. The number of rotatable bonds is 5. The van der Waals surface area contributed by atoms with E-state index in [0.29, 0.717) is 22.2 Å². The first-order chi connectivity index (χ1) is 15.5. The molecule has 3 aromatic carbocycles. The van der Waals surface area contributed by atoms with E-state index in [-0.39, 0.29) is 21.6 Å². The molecule has 0 aliphatic heterocycles. The smallest absolute Gasteiger partial charge is 0.352 e. The van der Waals surface area contributed by atoms with Gasteiger partial charge >= 0.3 is 5.97 Å². The zero-order chi connectivity index (χ0) is 24.0. The summed E-state index contributed by atoms with van der Waals surface area (Å²) in [6.45, 7) is 6.21. The number of carbonyl (C=O) groups is 1. The lowest BCUT2D eigenvalue weighted by atomic mass is 9.87. The quantitative estimate of drug-likeness (QED) is 0.348. The van der Waals surface area contributed by atoms with Crippen LogP contribution in [0.25, 0.3) is 22.0 Å². The van der Waals surface area contributed by atoms with Gasteiger partial charge in [-0.2, -0.15) is 0 Å². The normalized spacial score (nSPS) is 12.1. The SMILES string of the molecule is CC(C)(C)c1ccc(NS(=O)(=O)c2ccc3[nH]c(C(=O)O)c(-c4cccc(F)c4)c3c2)cc1. The van der Waals surface area contributed by atoms with Crippen LogP contribution in [-0.2, 0) is 15.4 Å². The summed E-state index contributed by atoms with van der Waals surface area (Å²) in [4.78, 5) is 14.6. The zero-order valence-electron chi connectivity index (χ0n) is 18.3. The Kier molecular flexibility index (Phi) is 5.49. The zero-order valence-corrected chi connectivity index (χ0v) is 19.1. The molecule has 4 rings (SSSR count). The van der Waals surface area contributed by atoms with Crippen molar-refractivity contribution in [3.63, 3.8) is 0 Å². The van der Waals surface area contributed by atoms with Crippen LogP contribution in [0.5, 0.6) is 0 Å². The van der Waals surface area contributed by atoms with Crippen LogP contribution >= 0.6 is 0 Å². The Balaban J connectivity index is 1.78. The molecule has 0 bridgehead atoms. The minimum atomic E-state index is -3.96. The Hall–Kier alpha value is -3.65. The molecule has 0 fully saturated rings. The lowest BCUT2D eigenvalue weighted by Crippen LogP contribution is -2.14. The van der Waals surface area contributed by atoms with E-state index in [1.54, 1.807) is 18.2 Å². The predicted molar refractivity (Wildman–Crippen MR) is 127 cm³/mol. The van der Waals surface area contributed by atoms with Crippen molar-refractivity contribution in [3.05, 3.63) is 83.8 Å². The standard InChI is InChI=1S/C25H23FN2O4S/c1-25(2,3)16-7-9-18(10-8-16)28-33(31,32)19-11-12-21-20(14-19)22(23(27-21)24(29)30)15-5-4-6-17(26)13-15/h4-14,27-28H,1-3H3,(H,29,30). The molecule has 0 aliphatic carbocycles. The average molecular weight is 467 g/mol. The molecule has 1 aromatic heterocycles. The van der Waals surface area contributed by atoms with E-state index in [4.69, 9.17) is 0 Å². The van der Waals surface area contributed by atoms with Crippen LogP contribution in [0.4, 0.5) is 10.1 Å². The Morgan fingerprint density at radius 2 is 1.70 bits per heavy atom. The molecular formula is C25H23FN2O4S. The number of aromatic nitrogens is 1. The molecule has 0 saturated heterocycles. The molecule has 33 heavy (non-hydrogen) atoms. The molecular weight excluding hydrogens is 443 g/mol. The topological polar surface area (TPSA) is 99.3 Å². The fourth-order valence-corrected chi connectivity index (χ4v) is 4.78. The van der Waals surface area contributed by atoms with Crippen LogP contribution in [0.3, 0.4) is 0 Å². The van der Waals surface area contributed by atoms with Gasteiger partial charge in [0.1, 0.15) is 11.5 Å². The fourth-order valence-electron chi connectivity index (χ4n) is 3.69. The van der Waals surface area contributed by atoms with Gasteiger partial charge in [-0.05, 0) is 59.0 Å². The number of sulfonamides is 1. The van der Waals surface area contributed by atoms with Crippen molar-refractivity contribution in [2.24, 2.45) is 0 Å². The van der Waals surface area contributed by atoms with E-state index >= 15 is 0 Å². The van der Waals surface area contributed by atoms with Gasteiger partial charge in [0, 0.05) is 22.2 Å². The van der Waals surface area contributed by atoms with Crippen LogP contribution in [0.2, 0.25) is 0 Å². The number of carboxylic acids is 1. The summed E-state index contributed by atoms with van der Waals surface area (Å²) in [5.74, 6) is -1.76. The number of nitrogens with one attached hydrogen (secondary N) is 2. The summed E-state index contributed by atoms with van der Waals surface area (Å²) in [5, 5.41) is 10.0. The third-order valence-electron chi connectivity index (χ3n) is 5.41. The minimum Gasteiger partial charge on any atom is -0.477 e. The number of halogens is 1. The van der Waals surface area contributed by atoms with Crippen molar-refractivity contribution in [2.45, 2.75) is 31.1 Å². The number of benzene rings is 3. The molecule has 0 atom stereocenters. The van der Waals surface area contributed by atoms with Gasteiger partial charge in [0.25, 0.3) is 10.0 Å². The molecule has 8 heteroatoms. The molecule has 0 unspecified atom stereocenters. The molecule has 3 N–H and O–H groups in total. The van der Waals surface area contributed by atoms with Crippen molar-refractivity contribution >= 4 is 32.6 Å². The minimum absolute atomic E-state index is 0.0384. The van der Waals surface area contributed by atoms with E-state index in [1.165, 1.54) is 36.4 Å². The second-order valence-electron chi connectivity index (χ2n) is 8.83. The molecule has 4 aromatic rings. The Labute approximate surface area is 191 Å². The maximum atomic E-state index is 13.8. The van der Waals surface area contributed by atoms with E-state index in [1.807, 2.05) is 12.1 Å². The number of H-pyrrole nitrogens is 1. The van der Waals surface area contributed by atoms with Gasteiger partial charge in [0.15, 0.2) is 0 Å². The molecule has 1 heterocycles. The van der Waals surface area contributed by atoms with Gasteiger partial charge in [0.05, 0.1) is 4.90 Å². The highest BCUT2D eigenvalue weighted by Gasteiger charge is 2.22. The van der Waals surface area contributed by atoms with Gasteiger partial charge < -0.3 is 10.1 Å². The third kappa shape index (κ3) is 4.47. The number of aromatic carboxylic acids is 1. The number of aromatic amines is 1. The number of anilines is 1. The Morgan fingerprint density at radius 1 is 1.00 bits per heavy atom. The van der Waals surface area contributed by atoms with Gasteiger partial charge in [0.2, 0.25) is 0 Å². The van der Waals surface area contributed by atoms with Gasteiger partial charge in [-0.3, -0.25) is 4.72 Å². The van der Waals surface area contributed by atoms with Crippen molar-refractivity contribution in [2.75, 3.05) is 4.72 Å². The summed E-state index contributed by atoms with van der Waals surface area (Å²) < 4.78 is 42.5. The van der Waals surface area contributed by atoms with Gasteiger partial charge in [-0.1, -0.05) is 45.0 Å². The van der Waals surface area contributed by atoms with E-state index < -0.39 is 21.8 Å². The van der Waals surface area contributed by atoms with Crippen LogP contribution in [0.15, 0.2) is 71.6 Å². The summed E-state index contributed by atoms with van der Waals surface area (Å²) in [6.07, 6.45) is 0. The fraction of sp³-hybridized carbons (Fsp3) is 0.160. The van der Waals surface area contributed by atoms with Crippen LogP contribution in [0.1, 0.15) is 36.8 Å². The second-order valence-corrected chi connectivity index (χ2v) is 10.5. The van der Waals surface area contributed by atoms with Gasteiger partial charge in [-0.15, -0.1) is 0 Å². The van der Waals surface area contributed by atoms with Crippen molar-refractivity contribution < 1.29 is 22.7 Å². The molecule has 0 radical (unpaired) electrons.